The summed E-state index contributed by atoms with van der Waals surface area (Å²) in [7, 11) is 1.51. The molecule has 2 N–H and O–H groups in total. The number of methoxy groups -OCH3 is 1. The number of carbonyl (C=O) groups excluding carboxylic acids is 1. The molecule has 1 aromatic heterocycles. The summed E-state index contributed by atoms with van der Waals surface area (Å²) in [5.74, 6) is 0.528. The van der Waals surface area contributed by atoms with Crippen LogP contribution in [0.15, 0.2) is 54.6 Å². The normalized spacial score (nSPS) is 10.5. The number of aromatic nitrogens is 2. The van der Waals surface area contributed by atoms with Crippen molar-refractivity contribution in [3.05, 3.63) is 71.4 Å². The Kier molecular flexibility index (Phi) is 4.70. The van der Waals surface area contributed by atoms with Crippen molar-refractivity contribution in [2.45, 2.75) is 13.5 Å². The van der Waals surface area contributed by atoms with Gasteiger partial charge in [-0.25, -0.2) is 4.68 Å². The second-order valence-corrected chi connectivity index (χ2v) is 5.65. The molecule has 0 aliphatic carbocycles. The maximum atomic E-state index is 12.5. The number of rotatable bonds is 5. The predicted molar refractivity (Wildman–Crippen MR) is 95.1 cm³/mol. The lowest BCUT2D eigenvalue weighted by molar-refractivity contribution is 0.102. The van der Waals surface area contributed by atoms with Gasteiger partial charge in [-0.05, 0) is 30.7 Å². The minimum Gasteiger partial charge on any atom is -0.507 e. The molecule has 0 aliphatic rings. The van der Waals surface area contributed by atoms with E-state index in [0.29, 0.717) is 18.1 Å². The number of anilines is 1. The number of hydrogen-bond acceptors (Lipinski definition) is 4. The third-order valence-electron chi connectivity index (χ3n) is 3.77. The number of amides is 1. The fraction of sp³-hybridized carbons (Fsp3) is 0.158. The monoisotopic (exact) mass is 337 g/mol. The van der Waals surface area contributed by atoms with Crippen molar-refractivity contribution in [2.24, 2.45) is 0 Å². The number of aryl methyl sites for hydroxylation is 1. The summed E-state index contributed by atoms with van der Waals surface area (Å²) >= 11 is 0. The highest BCUT2D eigenvalue weighted by atomic mass is 16.5. The van der Waals surface area contributed by atoms with Crippen LogP contribution in [-0.4, -0.2) is 27.9 Å². The molecule has 0 saturated heterocycles. The van der Waals surface area contributed by atoms with E-state index >= 15 is 0 Å². The Hall–Kier alpha value is -3.28. The minimum absolute atomic E-state index is 0.107. The molecular weight excluding hydrogens is 318 g/mol. The average molecular weight is 337 g/mol. The first kappa shape index (κ1) is 16.6. The van der Waals surface area contributed by atoms with Gasteiger partial charge in [0.15, 0.2) is 0 Å². The molecule has 0 spiro atoms. The lowest BCUT2D eigenvalue weighted by Gasteiger charge is -2.11. The van der Waals surface area contributed by atoms with Crippen molar-refractivity contribution in [1.29, 1.82) is 0 Å². The fourth-order valence-electron chi connectivity index (χ4n) is 2.53. The fourth-order valence-corrected chi connectivity index (χ4v) is 2.53. The highest BCUT2D eigenvalue weighted by Crippen LogP contribution is 2.24. The number of phenols is 1. The third kappa shape index (κ3) is 3.80. The quantitative estimate of drug-likeness (QED) is 0.749. The minimum atomic E-state index is -0.425. The summed E-state index contributed by atoms with van der Waals surface area (Å²) in [6.45, 7) is 2.40. The van der Waals surface area contributed by atoms with E-state index in [9.17, 15) is 9.90 Å². The standard InChI is InChI=1S/C19H19N3O3/c1-13-10-18(22(21-13)12-14-6-4-3-5-7-14)20-19(24)16-11-15(25-2)8-9-17(16)23/h3-11,23H,12H2,1-2H3,(H,20,24). The number of aromatic hydroxyl groups is 1. The van der Waals surface area contributed by atoms with E-state index in [0.717, 1.165) is 11.3 Å². The van der Waals surface area contributed by atoms with Crippen LogP contribution in [0.3, 0.4) is 0 Å². The number of hydrogen-bond donors (Lipinski definition) is 2. The van der Waals surface area contributed by atoms with Crippen LogP contribution >= 0.6 is 0 Å². The smallest absolute Gasteiger partial charge is 0.260 e. The zero-order valence-electron chi connectivity index (χ0n) is 14.1. The summed E-state index contributed by atoms with van der Waals surface area (Å²) in [4.78, 5) is 12.5. The van der Waals surface area contributed by atoms with Crippen LogP contribution in [-0.2, 0) is 6.54 Å². The van der Waals surface area contributed by atoms with Crippen LogP contribution in [0.2, 0.25) is 0 Å². The Morgan fingerprint density at radius 2 is 1.96 bits per heavy atom. The first-order valence-corrected chi connectivity index (χ1v) is 7.83. The lowest BCUT2D eigenvalue weighted by atomic mass is 10.1. The van der Waals surface area contributed by atoms with Gasteiger partial charge in [-0.3, -0.25) is 4.79 Å². The predicted octanol–water partition coefficient (Wildman–Crippen LogP) is 3.21. The third-order valence-corrected chi connectivity index (χ3v) is 3.77. The van der Waals surface area contributed by atoms with Gasteiger partial charge in [0.05, 0.1) is 24.9 Å². The highest BCUT2D eigenvalue weighted by Gasteiger charge is 2.15. The van der Waals surface area contributed by atoms with Gasteiger partial charge in [-0.2, -0.15) is 5.10 Å². The van der Waals surface area contributed by atoms with Crippen LogP contribution in [0.1, 0.15) is 21.6 Å². The van der Waals surface area contributed by atoms with E-state index in [4.69, 9.17) is 4.74 Å². The summed E-state index contributed by atoms with van der Waals surface area (Å²) < 4.78 is 6.83. The molecule has 128 valence electrons. The maximum Gasteiger partial charge on any atom is 0.260 e. The number of phenolic OH excluding ortho intramolecular Hbond substituents is 1. The molecule has 0 unspecified atom stereocenters. The topological polar surface area (TPSA) is 76.4 Å². The Bertz CT molecular complexity index is 888. The Labute approximate surface area is 145 Å². The van der Waals surface area contributed by atoms with Crippen LogP contribution in [0.4, 0.5) is 5.82 Å². The van der Waals surface area contributed by atoms with Gasteiger partial charge < -0.3 is 15.2 Å². The zero-order chi connectivity index (χ0) is 17.8. The zero-order valence-corrected chi connectivity index (χ0v) is 14.1. The average Bonchev–Trinajstić information content (AvgIpc) is 2.95. The molecule has 0 fully saturated rings. The van der Waals surface area contributed by atoms with E-state index < -0.39 is 5.91 Å². The van der Waals surface area contributed by atoms with Crippen LogP contribution in [0, 0.1) is 6.92 Å². The molecule has 0 atom stereocenters. The van der Waals surface area contributed by atoms with E-state index in [2.05, 4.69) is 10.4 Å². The number of ether oxygens (including phenoxy) is 1. The summed E-state index contributed by atoms with van der Waals surface area (Å²) in [6, 6.07) is 16.2. The summed E-state index contributed by atoms with van der Waals surface area (Å²) in [5.41, 5.74) is 2.01. The molecule has 2 aromatic carbocycles. The van der Waals surface area contributed by atoms with Crippen molar-refractivity contribution in [3.8, 4) is 11.5 Å². The Balaban J connectivity index is 1.84. The number of nitrogens with zero attached hydrogens (tertiary/aromatic N) is 2. The van der Waals surface area contributed by atoms with Gasteiger partial charge in [-0.15, -0.1) is 0 Å². The van der Waals surface area contributed by atoms with Gasteiger partial charge in [0.25, 0.3) is 5.91 Å². The van der Waals surface area contributed by atoms with E-state index in [1.165, 1.54) is 19.2 Å². The second kappa shape index (κ2) is 7.09. The Morgan fingerprint density at radius 1 is 1.20 bits per heavy atom. The van der Waals surface area contributed by atoms with Crippen molar-refractivity contribution in [3.63, 3.8) is 0 Å². The molecule has 3 rings (SSSR count). The van der Waals surface area contributed by atoms with Crippen LogP contribution < -0.4 is 10.1 Å². The SMILES string of the molecule is COc1ccc(O)c(C(=O)Nc2cc(C)nn2Cc2ccccc2)c1. The maximum absolute atomic E-state index is 12.5. The van der Waals surface area contributed by atoms with E-state index in [-0.39, 0.29) is 11.3 Å². The molecule has 1 heterocycles. The Morgan fingerprint density at radius 3 is 2.68 bits per heavy atom. The number of benzene rings is 2. The van der Waals surface area contributed by atoms with Crippen molar-refractivity contribution >= 4 is 11.7 Å². The number of nitrogens with one attached hydrogen (secondary N) is 1. The molecular formula is C19H19N3O3. The summed E-state index contributed by atoms with van der Waals surface area (Å²) in [5, 5.41) is 17.2. The second-order valence-electron chi connectivity index (χ2n) is 5.65. The largest absolute Gasteiger partial charge is 0.507 e. The molecule has 6 heteroatoms. The van der Waals surface area contributed by atoms with Gasteiger partial charge in [0.2, 0.25) is 0 Å². The number of carbonyl (C=O) groups is 1. The first-order valence-electron chi connectivity index (χ1n) is 7.83. The van der Waals surface area contributed by atoms with Crippen molar-refractivity contribution in [2.75, 3.05) is 12.4 Å². The van der Waals surface area contributed by atoms with Crippen molar-refractivity contribution in [1.82, 2.24) is 9.78 Å². The molecule has 0 saturated carbocycles. The molecule has 1 amide bonds. The molecule has 0 bridgehead atoms. The van der Waals surface area contributed by atoms with Gasteiger partial charge in [0.1, 0.15) is 17.3 Å². The van der Waals surface area contributed by atoms with Gasteiger partial charge >= 0.3 is 0 Å². The lowest BCUT2D eigenvalue weighted by Crippen LogP contribution is -2.16. The van der Waals surface area contributed by atoms with Crippen LogP contribution in [0.25, 0.3) is 0 Å². The molecule has 25 heavy (non-hydrogen) atoms. The highest BCUT2D eigenvalue weighted by molar-refractivity contribution is 6.06. The first-order chi connectivity index (χ1) is 12.1. The van der Waals surface area contributed by atoms with Gasteiger partial charge in [-0.1, -0.05) is 30.3 Å². The molecule has 6 nitrogen and oxygen atoms in total. The van der Waals surface area contributed by atoms with Gasteiger partial charge in [0, 0.05) is 6.07 Å². The summed E-state index contributed by atoms with van der Waals surface area (Å²) in [6.07, 6.45) is 0. The molecule has 0 radical (unpaired) electrons. The van der Waals surface area contributed by atoms with E-state index in [1.807, 2.05) is 37.3 Å². The van der Waals surface area contributed by atoms with Crippen molar-refractivity contribution < 1.29 is 14.6 Å². The molecule has 3 aromatic rings. The van der Waals surface area contributed by atoms with Crippen LogP contribution in [0.5, 0.6) is 11.5 Å². The van der Waals surface area contributed by atoms with E-state index in [1.54, 1.807) is 16.8 Å². The molecule has 0 aliphatic heterocycles.